The quantitative estimate of drug-likeness (QED) is 0.319. The van der Waals surface area contributed by atoms with Crippen molar-refractivity contribution in [3.8, 4) is 0 Å². The summed E-state index contributed by atoms with van der Waals surface area (Å²) in [6.07, 6.45) is 0.499. The lowest BCUT2D eigenvalue weighted by Gasteiger charge is -2.11. The summed E-state index contributed by atoms with van der Waals surface area (Å²) in [5.41, 5.74) is 1.12. The van der Waals surface area contributed by atoms with Crippen molar-refractivity contribution in [2.45, 2.75) is 13.3 Å². The van der Waals surface area contributed by atoms with Crippen LogP contribution in [0.3, 0.4) is 0 Å². The van der Waals surface area contributed by atoms with Crippen molar-refractivity contribution < 1.29 is 13.6 Å². The maximum Gasteiger partial charge on any atom is 0.246 e. The Balaban J connectivity index is 0.00000364. The van der Waals surface area contributed by atoms with Crippen LogP contribution in [0, 0.1) is 11.6 Å². The average Bonchev–Trinajstić information content (AvgIpc) is 2.63. The molecular weight excluding hydrogens is 465 g/mol. The summed E-state index contributed by atoms with van der Waals surface area (Å²) in [5, 5.41) is 8.73. The third-order valence-corrected chi connectivity index (χ3v) is 3.50. The van der Waals surface area contributed by atoms with Gasteiger partial charge in [0, 0.05) is 18.8 Å². The first-order valence-electron chi connectivity index (χ1n) is 8.39. The van der Waals surface area contributed by atoms with E-state index in [1.54, 1.807) is 18.2 Å². The topological polar surface area (TPSA) is 65.5 Å². The third-order valence-electron chi connectivity index (χ3n) is 3.50. The molecule has 5 nitrogen and oxygen atoms in total. The number of anilines is 1. The molecule has 1 amide bonds. The van der Waals surface area contributed by atoms with Crippen molar-refractivity contribution >= 4 is 41.5 Å². The fraction of sp³-hybridized carbons (Fsp3) is 0.263. The normalized spacial score (nSPS) is 10.7. The van der Waals surface area contributed by atoms with Gasteiger partial charge in [0.15, 0.2) is 5.96 Å². The molecule has 0 atom stereocenters. The second kappa shape index (κ2) is 12.2. The standard InChI is InChI=1S/C19H22F2N4O.HI/c1-2-22-19(23-12-11-14-5-3-4-6-17(14)21)24-13-18(26)25-16-9-7-15(20)8-10-16;/h3-10H,2,11-13H2,1H3,(H,25,26)(H2,22,23,24);1H. The summed E-state index contributed by atoms with van der Waals surface area (Å²) in [4.78, 5) is 16.1. The molecule has 0 aliphatic carbocycles. The van der Waals surface area contributed by atoms with E-state index in [9.17, 15) is 13.6 Å². The number of amides is 1. The summed E-state index contributed by atoms with van der Waals surface area (Å²) in [6.45, 7) is 2.93. The lowest BCUT2D eigenvalue weighted by atomic mass is 10.1. The Kier molecular flexibility index (Phi) is 10.3. The zero-order valence-electron chi connectivity index (χ0n) is 15.0. The van der Waals surface area contributed by atoms with Gasteiger partial charge in [-0.1, -0.05) is 18.2 Å². The summed E-state index contributed by atoms with van der Waals surface area (Å²) >= 11 is 0. The van der Waals surface area contributed by atoms with Gasteiger partial charge in [0.05, 0.1) is 0 Å². The fourth-order valence-electron chi connectivity index (χ4n) is 2.24. The van der Waals surface area contributed by atoms with Crippen LogP contribution in [-0.4, -0.2) is 31.5 Å². The molecule has 8 heteroatoms. The molecule has 0 fully saturated rings. The maximum absolute atomic E-state index is 13.6. The predicted octanol–water partition coefficient (Wildman–Crippen LogP) is 3.32. The maximum atomic E-state index is 13.6. The SMILES string of the molecule is CCNC(=NCC(=O)Nc1ccc(F)cc1)NCCc1ccccc1F.I. The zero-order valence-corrected chi connectivity index (χ0v) is 17.3. The van der Waals surface area contributed by atoms with Crippen molar-refractivity contribution in [2.24, 2.45) is 4.99 Å². The molecule has 146 valence electrons. The number of guanidine groups is 1. The van der Waals surface area contributed by atoms with Gasteiger partial charge in [-0.3, -0.25) is 4.79 Å². The molecule has 0 unspecified atom stereocenters. The van der Waals surface area contributed by atoms with E-state index in [4.69, 9.17) is 0 Å². The lowest BCUT2D eigenvalue weighted by Crippen LogP contribution is -2.39. The number of hydrogen-bond acceptors (Lipinski definition) is 2. The van der Waals surface area contributed by atoms with Crippen molar-refractivity contribution in [3.63, 3.8) is 0 Å². The molecular formula is C19H23F2IN4O. The van der Waals surface area contributed by atoms with Gasteiger partial charge in [0.2, 0.25) is 5.91 Å². The van der Waals surface area contributed by atoms with Gasteiger partial charge < -0.3 is 16.0 Å². The number of aliphatic imine (C=N–C) groups is 1. The molecule has 27 heavy (non-hydrogen) atoms. The van der Waals surface area contributed by atoms with Crippen LogP contribution in [0.5, 0.6) is 0 Å². The minimum absolute atomic E-state index is 0. The second-order valence-corrected chi connectivity index (χ2v) is 5.52. The minimum Gasteiger partial charge on any atom is -0.357 e. The summed E-state index contributed by atoms with van der Waals surface area (Å²) in [5.74, 6) is -0.453. The van der Waals surface area contributed by atoms with E-state index in [0.717, 1.165) is 0 Å². The van der Waals surface area contributed by atoms with Gasteiger partial charge in [-0.2, -0.15) is 0 Å². The van der Waals surface area contributed by atoms with Gasteiger partial charge in [-0.05, 0) is 49.2 Å². The number of carbonyl (C=O) groups excluding carboxylic acids is 1. The number of hydrogen-bond donors (Lipinski definition) is 3. The first kappa shape index (κ1) is 22.8. The molecule has 0 heterocycles. The summed E-state index contributed by atoms with van der Waals surface area (Å²) < 4.78 is 26.5. The highest BCUT2D eigenvalue weighted by Gasteiger charge is 2.05. The van der Waals surface area contributed by atoms with Crippen LogP contribution < -0.4 is 16.0 Å². The molecule has 0 spiro atoms. The van der Waals surface area contributed by atoms with E-state index in [0.29, 0.717) is 36.7 Å². The van der Waals surface area contributed by atoms with Crippen LogP contribution in [-0.2, 0) is 11.2 Å². The Hall–Kier alpha value is -2.23. The van der Waals surface area contributed by atoms with Crippen molar-refractivity contribution in [2.75, 3.05) is 25.0 Å². The van der Waals surface area contributed by atoms with Crippen molar-refractivity contribution in [1.82, 2.24) is 10.6 Å². The van der Waals surface area contributed by atoms with Gasteiger partial charge in [0.1, 0.15) is 18.2 Å². The minimum atomic E-state index is -0.366. The highest BCUT2D eigenvalue weighted by Crippen LogP contribution is 2.08. The van der Waals surface area contributed by atoms with Crippen LogP contribution in [0.2, 0.25) is 0 Å². The number of nitrogens with zero attached hydrogens (tertiary/aromatic N) is 1. The zero-order chi connectivity index (χ0) is 18.8. The number of rotatable bonds is 7. The van der Waals surface area contributed by atoms with Gasteiger partial charge in [0.25, 0.3) is 0 Å². The smallest absolute Gasteiger partial charge is 0.246 e. The van der Waals surface area contributed by atoms with Crippen LogP contribution in [0.4, 0.5) is 14.5 Å². The van der Waals surface area contributed by atoms with Crippen LogP contribution in [0.15, 0.2) is 53.5 Å². The molecule has 0 saturated heterocycles. The average molecular weight is 488 g/mol. The molecule has 0 aliphatic rings. The van der Waals surface area contributed by atoms with E-state index < -0.39 is 0 Å². The Bertz CT molecular complexity index is 754. The molecule has 3 N–H and O–H groups in total. The molecule has 0 radical (unpaired) electrons. The summed E-state index contributed by atoms with van der Waals surface area (Å²) in [6, 6.07) is 12.1. The highest BCUT2D eigenvalue weighted by molar-refractivity contribution is 14.0. The van der Waals surface area contributed by atoms with E-state index in [1.165, 1.54) is 30.3 Å². The van der Waals surface area contributed by atoms with Crippen LogP contribution in [0.25, 0.3) is 0 Å². The Morgan fingerprint density at radius 3 is 2.41 bits per heavy atom. The summed E-state index contributed by atoms with van der Waals surface area (Å²) in [7, 11) is 0. The van der Waals surface area contributed by atoms with Gasteiger partial charge >= 0.3 is 0 Å². The molecule has 0 aliphatic heterocycles. The first-order valence-corrected chi connectivity index (χ1v) is 8.39. The molecule has 0 saturated carbocycles. The van der Waals surface area contributed by atoms with Crippen molar-refractivity contribution in [1.29, 1.82) is 0 Å². The first-order chi connectivity index (χ1) is 12.6. The van der Waals surface area contributed by atoms with E-state index >= 15 is 0 Å². The van der Waals surface area contributed by atoms with Gasteiger partial charge in [-0.25, -0.2) is 13.8 Å². The van der Waals surface area contributed by atoms with Crippen molar-refractivity contribution in [3.05, 3.63) is 65.7 Å². The van der Waals surface area contributed by atoms with E-state index in [-0.39, 0.29) is 48.1 Å². The molecule has 0 aromatic heterocycles. The fourth-order valence-corrected chi connectivity index (χ4v) is 2.24. The predicted molar refractivity (Wildman–Crippen MR) is 115 cm³/mol. The molecule has 2 rings (SSSR count). The Labute approximate surface area is 174 Å². The third kappa shape index (κ3) is 8.33. The number of benzene rings is 2. The van der Waals surface area contributed by atoms with Crippen LogP contribution >= 0.6 is 24.0 Å². The van der Waals surface area contributed by atoms with E-state index in [1.807, 2.05) is 6.92 Å². The molecule has 0 bridgehead atoms. The largest absolute Gasteiger partial charge is 0.357 e. The molecule has 2 aromatic rings. The van der Waals surface area contributed by atoms with Crippen LogP contribution in [0.1, 0.15) is 12.5 Å². The number of halogens is 3. The van der Waals surface area contributed by atoms with Gasteiger partial charge in [-0.15, -0.1) is 24.0 Å². The second-order valence-electron chi connectivity index (χ2n) is 5.52. The molecule has 2 aromatic carbocycles. The monoisotopic (exact) mass is 488 g/mol. The number of nitrogens with one attached hydrogen (secondary N) is 3. The Morgan fingerprint density at radius 2 is 1.74 bits per heavy atom. The Morgan fingerprint density at radius 1 is 1.04 bits per heavy atom. The van der Waals surface area contributed by atoms with E-state index in [2.05, 4.69) is 20.9 Å². The highest BCUT2D eigenvalue weighted by atomic mass is 127. The lowest BCUT2D eigenvalue weighted by molar-refractivity contribution is -0.114. The number of carbonyl (C=O) groups is 1.